The molecule has 0 aromatic carbocycles. The van der Waals surface area contributed by atoms with Gasteiger partial charge < -0.3 is 10.0 Å². The van der Waals surface area contributed by atoms with Crippen LogP contribution in [0.3, 0.4) is 0 Å². The summed E-state index contributed by atoms with van der Waals surface area (Å²) in [4.78, 5) is 6.97. The summed E-state index contributed by atoms with van der Waals surface area (Å²) in [5.74, 6) is 0.844. The van der Waals surface area contributed by atoms with Crippen molar-refractivity contribution in [2.24, 2.45) is 5.92 Å². The second-order valence-corrected chi connectivity index (χ2v) is 6.37. The molecule has 1 saturated heterocycles. The Morgan fingerprint density at radius 1 is 1.26 bits per heavy atom. The third-order valence-electron chi connectivity index (χ3n) is 4.90. The third-order valence-corrected chi connectivity index (χ3v) is 4.90. The summed E-state index contributed by atoms with van der Waals surface area (Å²) in [6.07, 6.45) is 7.00. The molecule has 1 aromatic heterocycles. The maximum absolute atomic E-state index is 10.8. The first-order valence-electron chi connectivity index (χ1n) is 7.55. The van der Waals surface area contributed by atoms with Crippen LogP contribution in [0.15, 0.2) is 24.4 Å². The molecule has 0 radical (unpaired) electrons. The number of rotatable bonds is 2. The van der Waals surface area contributed by atoms with Crippen LogP contribution in [-0.2, 0) is 5.60 Å². The van der Waals surface area contributed by atoms with E-state index in [0.29, 0.717) is 6.04 Å². The van der Waals surface area contributed by atoms with Crippen LogP contribution < -0.4 is 0 Å². The van der Waals surface area contributed by atoms with Gasteiger partial charge in [-0.15, -0.1) is 0 Å². The topological polar surface area (TPSA) is 36.4 Å². The van der Waals surface area contributed by atoms with E-state index in [4.69, 9.17) is 0 Å². The number of aromatic nitrogens is 1. The van der Waals surface area contributed by atoms with Crippen molar-refractivity contribution in [1.82, 2.24) is 9.88 Å². The molecule has 1 aromatic rings. The predicted octanol–water partition coefficient (Wildman–Crippen LogP) is 2.55. The van der Waals surface area contributed by atoms with E-state index >= 15 is 0 Å². The molecule has 3 rings (SSSR count). The lowest BCUT2D eigenvalue weighted by Gasteiger charge is -2.39. The van der Waals surface area contributed by atoms with Gasteiger partial charge in [-0.2, -0.15) is 0 Å². The molecule has 1 aliphatic heterocycles. The molecule has 2 fully saturated rings. The van der Waals surface area contributed by atoms with E-state index in [2.05, 4.69) is 16.8 Å². The van der Waals surface area contributed by atoms with Crippen molar-refractivity contribution in [3.8, 4) is 0 Å². The fraction of sp³-hybridized carbons (Fsp3) is 0.688. The van der Waals surface area contributed by atoms with Gasteiger partial charge in [-0.25, -0.2) is 0 Å². The average molecular weight is 260 g/mol. The number of likely N-dealkylation sites (tertiary alicyclic amines) is 1. The molecule has 2 heterocycles. The van der Waals surface area contributed by atoms with Crippen LogP contribution in [0.2, 0.25) is 0 Å². The number of pyridine rings is 1. The molecule has 1 aliphatic carbocycles. The Kier molecular flexibility index (Phi) is 3.59. The maximum Gasteiger partial charge on any atom is 0.107 e. The van der Waals surface area contributed by atoms with E-state index in [1.165, 1.54) is 19.5 Å². The normalized spacial score (nSPS) is 36.5. The molecule has 0 bridgehead atoms. The third kappa shape index (κ3) is 2.67. The summed E-state index contributed by atoms with van der Waals surface area (Å²) >= 11 is 0. The summed E-state index contributed by atoms with van der Waals surface area (Å²) in [6.45, 7) is 4.83. The predicted molar refractivity (Wildman–Crippen MR) is 75.7 cm³/mol. The minimum Gasteiger partial charge on any atom is -0.384 e. The first-order valence-corrected chi connectivity index (χ1v) is 7.55. The van der Waals surface area contributed by atoms with Crippen molar-refractivity contribution >= 4 is 0 Å². The summed E-state index contributed by atoms with van der Waals surface area (Å²) in [6, 6.07) is 6.51. The van der Waals surface area contributed by atoms with E-state index < -0.39 is 5.60 Å². The van der Waals surface area contributed by atoms with Crippen molar-refractivity contribution in [1.29, 1.82) is 0 Å². The fourth-order valence-corrected chi connectivity index (χ4v) is 3.64. The zero-order valence-corrected chi connectivity index (χ0v) is 11.8. The molecule has 3 heteroatoms. The molecule has 0 spiro atoms. The monoisotopic (exact) mass is 260 g/mol. The van der Waals surface area contributed by atoms with E-state index in [9.17, 15) is 5.11 Å². The Morgan fingerprint density at radius 3 is 2.63 bits per heavy atom. The molecule has 1 unspecified atom stereocenters. The summed E-state index contributed by atoms with van der Waals surface area (Å²) in [5, 5.41) is 10.8. The number of hydrogen-bond acceptors (Lipinski definition) is 3. The highest BCUT2D eigenvalue weighted by Gasteiger charge is 2.38. The molecule has 0 amide bonds. The maximum atomic E-state index is 10.8. The minimum absolute atomic E-state index is 0.675. The fourth-order valence-electron chi connectivity index (χ4n) is 3.64. The summed E-state index contributed by atoms with van der Waals surface area (Å²) < 4.78 is 0. The Balaban J connectivity index is 1.63. The van der Waals surface area contributed by atoms with Crippen molar-refractivity contribution in [2.45, 2.75) is 50.7 Å². The van der Waals surface area contributed by atoms with Gasteiger partial charge in [0.1, 0.15) is 5.60 Å². The number of nitrogens with zero attached hydrogens (tertiary/aromatic N) is 2. The Hall–Kier alpha value is -0.930. The largest absolute Gasteiger partial charge is 0.384 e. The molecular weight excluding hydrogens is 236 g/mol. The van der Waals surface area contributed by atoms with Gasteiger partial charge in [0.25, 0.3) is 0 Å². The van der Waals surface area contributed by atoms with Gasteiger partial charge in [-0.1, -0.05) is 13.0 Å². The Labute approximate surface area is 115 Å². The van der Waals surface area contributed by atoms with Gasteiger partial charge in [0.05, 0.1) is 5.69 Å². The van der Waals surface area contributed by atoms with Crippen molar-refractivity contribution in [3.05, 3.63) is 30.1 Å². The van der Waals surface area contributed by atoms with Crippen LogP contribution in [0.1, 0.15) is 44.7 Å². The first kappa shape index (κ1) is 13.1. The SMILES string of the molecule is CC1CCN(C2CCC(O)(c3ccccn3)CC2)C1. The van der Waals surface area contributed by atoms with Crippen LogP contribution in [-0.4, -0.2) is 34.1 Å². The van der Waals surface area contributed by atoms with Gasteiger partial charge in [-0.05, 0) is 56.7 Å². The molecule has 104 valence electrons. The molecule has 1 saturated carbocycles. The van der Waals surface area contributed by atoms with E-state index in [1.54, 1.807) is 6.20 Å². The second kappa shape index (κ2) is 5.22. The highest BCUT2D eigenvalue weighted by molar-refractivity contribution is 5.14. The van der Waals surface area contributed by atoms with E-state index in [-0.39, 0.29) is 0 Å². The highest BCUT2D eigenvalue weighted by Crippen LogP contribution is 2.38. The molecule has 1 N–H and O–H groups in total. The lowest BCUT2D eigenvalue weighted by molar-refractivity contribution is -0.0259. The van der Waals surface area contributed by atoms with Crippen molar-refractivity contribution in [2.75, 3.05) is 13.1 Å². The summed E-state index contributed by atoms with van der Waals surface area (Å²) in [7, 11) is 0. The van der Waals surface area contributed by atoms with Crippen LogP contribution in [0, 0.1) is 5.92 Å². The van der Waals surface area contributed by atoms with Crippen molar-refractivity contribution in [3.63, 3.8) is 0 Å². The standard InChI is InChI=1S/C16H24N2O/c1-13-7-11-18(12-13)14-5-8-16(19,9-6-14)15-4-2-3-10-17-15/h2-4,10,13-14,19H,5-9,11-12H2,1H3. The number of hydrogen-bond donors (Lipinski definition) is 1. The molecule has 19 heavy (non-hydrogen) atoms. The van der Waals surface area contributed by atoms with Crippen molar-refractivity contribution < 1.29 is 5.11 Å². The molecule has 1 atom stereocenters. The van der Waals surface area contributed by atoms with Gasteiger partial charge in [0.15, 0.2) is 0 Å². The Bertz CT molecular complexity index is 412. The van der Waals surface area contributed by atoms with Crippen LogP contribution in [0.5, 0.6) is 0 Å². The van der Waals surface area contributed by atoms with Gasteiger partial charge in [-0.3, -0.25) is 4.98 Å². The average Bonchev–Trinajstić information content (AvgIpc) is 2.87. The van der Waals surface area contributed by atoms with Crippen LogP contribution in [0.25, 0.3) is 0 Å². The van der Waals surface area contributed by atoms with E-state index in [0.717, 1.165) is 37.3 Å². The first-order chi connectivity index (χ1) is 9.17. The smallest absolute Gasteiger partial charge is 0.107 e. The lowest BCUT2D eigenvalue weighted by Crippen LogP contribution is -2.41. The van der Waals surface area contributed by atoms with Crippen LogP contribution in [0.4, 0.5) is 0 Å². The molecular formula is C16H24N2O. The highest BCUT2D eigenvalue weighted by atomic mass is 16.3. The van der Waals surface area contributed by atoms with Gasteiger partial charge >= 0.3 is 0 Å². The van der Waals surface area contributed by atoms with E-state index in [1.807, 2.05) is 18.2 Å². The van der Waals surface area contributed by atoms with Gasteiger partial charge in [0.2, 0.25) is 0 Å². The Morgan fingerprint density at radius 2 is 2.05 bits per heavy atom. The second-order valence-electron chi connectivity index (χ2n) is 6.37. The van der Waals surface area contributed by atoms with Crippen LogP contribution >= 0.6 is 0 Å². The number of aliphatic hydroxyl groups is 1. The molecule has 3 nitrogen and oxygen atoms in total. The molecule has 2 aliphatic rings. The zero-order valence-electron chi connectivity index (χ0n) is 11.8. The lowest BCUT2D eigenvalue weighted by atomic mass is 9.79. The quantitative estimate of drug-likeness (QED) is 0.888. The zero-order chi connectivity index (χ0) is 13.3. The minimum atomic E-state index is -0.691. The van der Waals surface area contributed by atoms with Gasteiger partial charge in [0, 0.05) is 18.8 Å². The summed E-state index contributed by atoms with van der Waals surface area (Å²) in [5.41, 5.74) is 0.159.